The second-order valence-corrected chi connectivity index (χ2v) is 6.63. The molecule has 0 aromatic rings. The molecule has 0 aromatic carbocycles. The summed E-state index contributed by atoms with van der Waals surface area (Å²) in [6, 6.07) is 0. The van der Waals surface area contributed by atoms with E-state index >= 15 is 0 Å². The van der Waals surface area contributed by atoms with Gasteiger partial charge in [0.2, 0.25) is 5.91 Å². The number of hydrogen-bond donors (Lipinski definition) is 1. The Bertz CT molecular complexity index is 350. The number of nitrogens with two attached hydrogens (primary N) is 1. The number of hydrogen-bond acceptors (Lipinski definition) is 3. The highest BCUT2D eigenvalue weighted by molar-refractivity contribution is 7.80. The number of carbonyl (C=O) groups excluding carboxylic acids is 1. The predicted molar refractivity (Wildman–Crippen MR) is 90.2 cm³/mol. The number of amides is 1. The molecule has 1 aliphatic rings. The van der Waals surface area contributed by atoms with E-state index in [9.17, 15) is 4.79 Å². The fourth-order valence-corrected chi connectivity index (χ4v) is 3.04. The van der Waals surface area contributed by atoms with E-state index in [0.717, 1.165) is 38.2 Å². The van der Waals surface area contributed by atoms with E-state index in [1.807, 2.05) is 7.05 Å². The Labute approximate surface area is 134 Å². The molecule has 21 heavy (non-hydrogen) atoms. The van der Waals surface area contributed by atoms with Crippen LogP contribution in [0, 0.1) is 11.3 Å². The van der Waals surface area contributed by atoms with Crippen molar-refractivity contribution < 1.29 is 9.53 Å². The third kappa shape index (κ3) is 5.22. The molecule has 1 amide bonds. The molecule has 1 fully saturated rings. The van der Waals surface area contributed by atoms with Crippen molar-refractivity contribution in [1.82, 2.24) is 4.90 Å². The van der Waals surface area contributed by atoms with Gasteiger partial charge in [0.25, 0.3) is 0 Å². The molecule has 122 valence electrons. The molecule has 0 spiro atoms. The lowest BCUT2D eigenvalue weighted by molar-refractivity contribution is -0.138. The fourth-order valence-electron chi connectivity index (χ4n) is 2.75. The normalized spacial score (nSPS) is 15.0. The first-order chi connectivity index (χ1) is 9.97. The van der Waals surface area contributed by atoms with Crippen LogP contribution in [0.5, 0.6) is 0 Å². The lowest BCUT2D eigenvalue weighted by Gasteiger charge is -2.35. The summed E-state index contributed by atoms with van der Waals surface area (Å²) in [4.78, 5) is 14.9. The van der Waals surface area contributed by atoms with Crippen LogP contribution >= 0.6 is 12.2 Å². The van der Waals surface area contributed by atoms with Crippen LogP contribution in [-0.2, 0) is 9.53 Å². The average Bonchev–Trinajstić information content (AvgIpc) is 3.26. The van der Waals surface area contributed by atoms with Gasteiger partial charge in [0.1, 0.15) is 0 Å². The van der Waals surface area contributed by atoms with Gasteiger partial charge in [0.15, 0.2) is 0 Å². The summed E-state index contributed by atoms with van der Waals surface area (Å²) in [5, 5.41) is 0. The zero-order valence-corrected chi connectivity index (χ0v) is 14.5. The Balaban J connectivity index is 2.56. The minimum atomic E-state index is -0.677. The Kier molecular flexibility index (Phi) is 7.60. The van der Waals surface area contributed by atoms with Crippen LogP contribution < -0.4 is 5.73 Å². The zero-order chi connectivity index (χ0) is 15.9. The van der Waals surface area contributed by atoms with E-state index in [2.05, 4.69) is 13.8 Å². The first-order valence-electron chi connectivity index (χ1n) is 8.11. The van der Waals surface area contributed by atoms with Gasteiger partial charge in [-0.15, -0.1) is 0 Å². The van der Waals surface area contributed by atoms with Crippen LogP contribution in [-0.4, -0.2) is 42.6 Å². The van der Waals surface area contributed by atoms with Crippen molar-refractivity contribution in [3.63, 3.8) is 0 Å². The van der Waals surface area contributed by atoms with Crippen LogP contribution in [0.25, 0.3) is 0 Å². The van der Waals surface area contributed by atoms with Gasteiger partial charge in [-0.05, 0) is 31.6 Å². The highest BCUT2D eigenvalue weighted by Gasteiger charge is 2.41. The second kappa shape index (κ2) is 8.69. The summed E-state index contributed by atoms with van der Waals surface area (Å²) >= 11 is 5.23. The number of carbonyl (C=O) groups is 1. The van der Waals surface area contributed by atoms with E-state index in [4.69, 9.17) is 22.7 Å². The summed E-state index contributed by atoms with van der Waals surface area (Å²) in [5.41, 5.74) is 5.26. The lowest BCUT2D eigenvalue weighted by atomic mass is 9.77. The van der Waals surface area contributed by atoms with E-state index in [-0.39, 0.29) is 5.91 Å². The standard InChI is InChI=1S/C16H30N2O2S/c1-4-8-16(9-5-2,14(17)21)15(19)18(3)10-11-20-12-13-6-7-13/h13H,4-12H2,1-3H3,(H2,17,21). The van der Waals surface area contributed by atoms with Gasteiger partial charge < -0.3 is 15.4 Å². The topological polar surface area (TPSA) is 55.6 Å². The maximum atomic E-state index is 12.8. The molecular weight excluding hydrogens is 284 g/mol. The van der Waals surface area contributed by atoms with Crippen molar-refractivity contribution in [2.45, 2.75) is 52.4 Å². The molecule has 2 N–H and O–H groups in total. The highest BCUT2D eigenvalue weighted by Crippen LogP contribution is 2.33. The molecule has 1 saturated carbocycles. The SMILES string of the molecule is CCCC(CCC)(C(=O)N(C)CCOCC1CC1)C(N)=S. The summed E-state index contributed by atoms with van der Waals surface area (Å²) in [6.45, 7) is 6.14. The zero-order valence-electron chi connectivity index (χ0n) is 13.7. The third-order valence-corrected chi connectivity index (χ3v) is 4.59. The Morgan fingerprint density at radius 3 is 2.33 bits per heavy atom. The third-order valence-electron chi connectivity index (χ3n) is 4.20. The molecule has 1 rings (SSSR count). The number of rotatable bonds is 11. The lowest BCUT2D eigenvalue weighted by Crippen LogP contribution is -2.50. The van der Waals surface area contributed by atoms with Crippen molar-refractivity contribution >= 4 is 23.1 Å². The van der Waals surface area contributed by atoms with Gasteiger partial charge in [-0.3, -0.25) is 4.79 Å². The quantitative estimate of drug-likeness (QED) is 0.470. The second-order valence-electron chi connectivity index (χ2n) is 6.19. The number of ether oxygens (including phenoxy) is 1. The van der Waals surface area contributed by atoms with E-state index in [1.165, 1.54) is 12.8 Å². The minimum absolute atomic E-state index is 0.0497. The van der Waals surface area contributed by atoms with E-state index in [0.29, 0.717) is 18.1 Å². The van der Waals surface area contributed by atoms with E-state index in [1.54, 1.807) is 4.90 Å². The maximum absolute atomic E-state index is 12.8. The van der Waals surface area contributed by atoms with Gasteiger partial charge in [-0.1, -0.05) is 38.9 Å². The molecule has 0 heterocycles. The molecule has 0 aliphatic heterocycles. The first kappa shape index (κ1) is 18.4. The Morgan fingerprint density at radius 1 is 1.33 bits per heavy atom. The Hall–Kier alpha value is -0.680. The Morgan fingerprint density at radius 2 is 1.90 bits per heavy atom. The molecule has 0 radical (unpaired) electrons. The fraction of sp³-hybridized carbons (Fsp3) is 0.875. The van der Waals surface area contributed by atoms with Crippen molar-refractivity contribution in [3.8, 4) is 0 Å². The first-order valence-corrected chi connectivity index (χ1v) is 8.52. The number of thiocarbonyl (C=S) groups is 1. The van der Waals surface area contributed by atoms with Crippen LogP contribution in [0.2, 0.25) is 0 Å². The molecule has 0 saturated heterocycles. The molecule has 0 atom stereocenters. The van der Waals surface area contributed by atoms with Crippen LogP contribution in [0.3, 0.4) is 0 Å². The van der Waals surface area contributed by atoms with Gasteiger partial charge in [0.05, 0.1) is 17.0 Å². The van der Waals surface area contributed by atoms with Gasteiger partial charge in [-0.25, -0.2) is 0 Å². The summed E-state index contributed by atoms with van der Waals surface area (Å²) in [7, 11) is 1.82. The number of nitrogens with zero attached hydrogens (tertiary/aromatic N) is 1. The molecule has 1 aliphatic carbocycles. The summed E-state index contributed by atoms with van der Waals surface area (Å²) in [6.07, 6.45) is 5.81. The largest absolute Gasteiger partial charge is 0.392 e. The highest BCUT2D eigenvalue weighted by atomic mass is 32.1. The number of likely N-dealkylation sites (N-methyl/N-ethyl adjacent to an activating group) is 1. The van der Waals surface area contributed by atoms with Crippen molar-refractivity contribution in [1.29, 1.82) is 0 Å². The average molecular weight is 314 g/mol. The van der Waals surface area contributed by atoms with Gasteiger partial charge in [0, 0.05) is 20.2 Å². The van der Waals surface area contributed by atoms with Crippen LogP contribution in [0.4, 0.5) is 0 Å². The smallest absolute Gasteiger partial charge is 0.235 e. The molecule has 0 aromatic heterocycles. The monoisotopic (exact) mass is 314 g/mol. The molecule has 4 nitrogen and oxygen atoms in total. The molecule has 5 heteroatoms. The molecular formula is C16H30N2O2S. The summed E-state index contributed by atoms with van der Waals surface area (Å²) in [5.74, 6) is 0.802. The predicted octanol–water partition coefficient (Wildman–Crippen LogP) is 2.74. The van der Waals surface area contributed by atoms with Gasteiger partial charge >= 0.3 is 0 Å². The molecule has 0 unspecified atom stereocenters. The van der Waals surface area contributed by atoms with Crippen molar-refractivity contribution in [2.75, 3.05) is 26.8 Å². The van der Waals surface area contributed by atoms with Gasteiger partial charge in [-0.2, -0.15) is 0 Å². The van der Waals surface area contributed by atoms with E-state index < -0.39 is 5.41 Å². The summed E-state index contributed by atoms with van der Waals surface area (Å²) < 4.78 is 5.61. The van der Waals surface area contributed by atoms with Crippen LogP contribution in [0.15, 0.2) is 0 Å². The van der Waals surface area contributed by atoms with Crippen LogP contribution in [0.1, 0.15) is 52.4 Å². The van der Waals surface area contributed by atoms with Crippen molar-refractivity contribution in [2.24, 2.45) is 17.1 Å². The van der Waals surface area contributed by atoms with Crippen molar-refractivity contribution in [3.05, 3.63) is 0 Å². The minimum Gasteiger partial charge on any atom is -0.392 e. The maximum Gasteiger partial charge on any atom is 0.235 e. The molecule has 0 bridgehead atoms.